The molecule has 1 aromatic rings. The molecule has 1 aliphatic heterocycles. The maximum atomic E-state index is 15.0. The van der Waals surface area contributed by atoms with E-state index >= 15 is 0 Å². The van der Waals surface area contributed by atoms with Crippen LogP contribution in [0, 0.1) is 45.3 Å². The molecule has 0 bridgehead atoms. The van der Waals surface area contributed by atoms with Crippen LogP contribution in [0.2, 0.25) is 0 Å². The van der Waals surface area contributed by atoms with Crippen molar-refractivity contribution in [2.24, 2.45) is 45.3 Å². The summed E-state index contributed by atoms with van der Waals surface area (Å²) in [6.45, 7) is 12.8. The van der Waals surface area contributed by atoms with Gasteiger partial charge in [0.1, 0.15) is 11.9 Å². The van der Waals surface area contributed by atoms with Gasteiger partial charge in [-0.1, -0.05) is 59.6 Å². The number of hydrogen-bond acceptors (Lipinski definition) is 7. The molecular weight excluding hydrogens is 580 g/mol. The van der Waals surface area contributed by atoms with Crippen LogP contribution < -0.4 is 0 Å². The first-order chi connectivity index (χ1) is 21.5. The van der Waals surface area contributed by atoms with Crippen molar-refractivity contribution in [3.8, 4) is 5.75 Å². The number of aliphatic hydroxyl groups is 4. The summed E-state index contributed by atoms with van der Waals surface area (Å²) in [5.74, 6) is 0.481. The van der Waals surface area contributed by atoms with Gasteiger partial charge in [0.25, 0.3) is 0 Å². The number of fused-ring (bicyclic) bond motifs is 6. The number of aromatic hydroxyl groups is 1. The zero-order valence-corrected chi connectivity index (χ0v) is 28.6. The Kier molecular flexibility index (Phi) is 7.38. The maximum absolute atomic E-state index is 15.0. The maximum Gasteiger partial charge on any atom is 0.162 e. The van der Waals surface area contributed by atoms with E-state index in [-0.39, 0.29) is 42.0 Å². The van der Waals surface area contributed by atoms with Gasteiger partial charge in [-0.05, 0) is 117 Å². The molecule has 7 nitrogen and oxygen atoms in total. The first-order valence-corrected chi connectivity index (χ1v) is 18.0. The van der Waals surface area contributed by atoms with Crippen molar-refractivity contribution in [3.05, 3.63) is 41.5 Å². The van der Waals surface area contributed by atoms with E-state index in [9.17, 15) is 30.3 Å². The Bertz CT molecular complexity index is 1410. The van der Waals surface area contributed by atoms with Gasteiger partial charge in [0, 0.05) is 16.2 Å². The van der Waals surface area contributed by atoms with Gasteiger partial charge < -0.3 is 30.3 Å². The Morgan fingerprint density at radius 2 is 1.65 bits per heavy atom. The molecule has 1 spiro atoms. The van der Waals surface area contributed by atoms with E-state index in [0.717, 1.165) is 43.2 Å². The minimum Gasteiger partial charge on any atom is -0.508 e. The third kappa shape index (κ3) is 3.98. The number of epoxide rings is 1. The van der Waals surface area contributed by atoms with Crippen LogP contribution in [0.5, 0.6) is 5.75 Å². The quantitative estimate of drug-likeness (QED) is 0.261. The summed E-state index contributed by atoms with van der Waals surface area (Å²) < 4.78 is 6.18. The highest BCUT2D eigenvalue weighted by Gasteiger charge is 2.77. The van der Waals surface area contributed by atoms with Crippen molar-refractivity contribution >= 4 is 5.78 Å². The lowest BCUT2D eigenvalue weighted by molar-refractivity contribution is -0.247. The SMILES string of the molecule is CC(C)C(C)C1OC1C(C)(O)C1CCC2(O)C3=CC(=O)C4(Cc5ccc(O)cc5)CC(O)C(O)C5(CCCC5)C4(C)C3CCC12C. The van der Waals surface area contributed by atoms with Gasteiger partial charge in [-0.2, -0.15) is 0 Å². The molecule has 5 fully saturated rings. The molecule has 0 radical (unpaired) electrons. The standard InChI is InChI=1S/C39H56O7/c1-22(2)23(3)31-33(46-31)35(5,44)29-14-18-39(45)27-19-30(42)38(20-24-9-11-25(40)12-10-24)21-28(41)32(43)37(15-7-8-16-37)36(38,6)26(27)13-17-34(29,39)4/h9-12,19,22-23,26,28-29,31-33,40-41,43-45H,7-8,13-18,20-21H2,1-6H3. The summed E-state index contributed by atoms with van der Waals surface area (Å²) in [5, 5.41) is 58.7. The van der Waals surface area contributed by atoms with Gasteiger partial charge in [-0.15, -0.1) is 0 Å². The number of benzene rings is 1. The van der Waals surface area contributed by atoms with E-state index in [0.29, 0.717) is 37.5 Å². The molecule has 1 saturated heterocycles. The zero-order chi connectivity index (χ0) is 33.2. The molecule has 1 aromatic carbocycles. The number of phenols is 1. The number of aliphatic hydroxyl groups excluding tert-OH is 2. The van der Waals surface area contributed by atoms with Crippen LogP contribution >= 0.6 is 0 Å². The average Bonchev–Trinajstić information content (AvgIpc) is 3.56. The lowest BCUT2D eigenvalue weighted by Crippen LogP contribution is -2.73. The Labute approximate surface area is 274 Å². The Balaban J connectivity index is 1.33. The lowest BCUT2D eigenvalue weighted by atomic mass is 9.33. The van der Waals surface area contributed by atoms with Crippen molar-refractivity contribution in [3.63, 3.8) is 0 Å². The molecule has 6 aliphatic rings. The van der Waals surface area contributed by atoms with E-state index in [1.807, 2.05) is 19.1 Å². The number of hydrogen-bond donors (Lipinski definition) is 5. The largest absolute Gasteiger partial charge is 0.508 e. The molecule has 4 saturated carbocycles. The fourth-order valence-electron chi connectivity index (χ4n) is 12.6. The highest BCUT2D eigenvalue weighted by molar-refractivity contribution is 5.98. The predicted molar refractivity (Wildman–Crippen MR) is 175 cm³/mol. The van der Waals surface area contributed by atoms with E-state index in [2.05, 4.69) is 34.6 Å². The second kappa shape index (κ2) is 10.4. The highest BCUT2D eigenvalue weighted by Crippen LogP contribution is 2.77. The molecule has 7 heteroatoms. The van der Waals surface area contributed by atoms with E-state index in [1.54, 1.807) is 18.2 Å². The molecule has 0 amide bonds. The minimum absolute atomic E-state index is 0.00379. The average molecular weight is 637 g/mol. The van der Waals surface area contributed by atoms with Crippen LogP contribution in [-0.2, 0) is 16.0 Å². The first kappa shape index (κ1) is 32.8. The van der Waals surface area contributed by atoms with Crippen molar-refractivity contribution < 1.29 is 35.1 Å². The van der Waals surface area contributed by atoms with Crippen molar-refractivity contribution in [2.75, 3.05) is 0 Å². The smallest absolute Gasteiger partial charge is 0.162 e. The van der Waals surface area contributed by atoms with Gasteiger partial charge >= 0.3 is 0 Å². The van der Waals surface area contributed by atoms with Gasteiger partial charge in [0.2, 0.25) is 0 Å². The predicted octanol–water partition coefficient (Wildman–Crippen LogP) is 5.49. The van der Waals surface area contributed by atoms with Crippen LogP contribution in [0.4, 0.5) is 0 Å². The van der Waals surface area contributed by atoms with Crippen LogP contribution in [0.25, 0.3) is 0 Å². The number of carbonyl (C=O) groups is 1. The molecule has 5 N–H and O–H groups in total. The summed E-state index contributed by atoms with van der Waals surface area (Å²) >= 11 is 0. The Hall–Kier alpha value is -1.77. The van der Waals surface area contributed by atoms with E-state index < -0.39 is 45.1 Å². The third-order valence-electron chi connectivity index (χ3n) is 15.6. The number of ether oxygens (including phenoxy) is 1. The summed E-state index contributed by atoms with van der Waals surface area (Å²) in [6.07, 6.45) is 5.91. The highest BCUT2D eigenvalue weighted by atomic mass is 16.6. The molecule has 46 heavy (non-hydrogen) atoms. The molecule has 254 valence electrons. The van der Waals surface area contributed by atoms with Crippen molar-refractivity contribution in [2.45, 2.75) is 141 Å². The molecule has 12 unspecified atom stereocenters. The summed E-state index contributed by atoms with van der Waals surface area (Å²) in [5.41, 5.74) is -3.72. The number of carbonyl (C=O) groups excluding carboxylic acids is 1. The summed E-state index contributed by atoms with van der Waals surface area (Å²) in [4.78, 5) is 15.0. The van der Waals surface area contributed by atoms with Gasteiger partial charge in [-0.25, -0.2) is 0 Å². The Morgan fingerprint density at radius 3 is 2.28 bits per heavy atom. The molecule has 5 aliphatic carbocycles. The topological polar surface area (TPSA) is 131 Å². The lowest BCUT2D eigenvalue weighted by Gasteiger charge is -2.70. The molecule has 0 aromatic heterocycles. The van der Waals surface area contributed by atoms with E-state index in [4.69, 9.17) is 4.74 Å². The normalized spacial score (nSPS) is 46.3. The third-order valence-corrected chi connectivity index (χ3v) is 15.6. The monoisotopic (exact) mass is 636 g/mol. The first-order valence-electron chi connectivity index (χ1n) is 18.0. The Morgan fingerprint density at radius 1 is 1.00 bits per heavy atom. The molecule has 7 rings (SSSR count). The van der Waals surface area contributed by atoms with E-state index in [1.165, 1.54) is 0 Å². The van der Waals surface area contributed by atoms with Gasteiger partial charge in [-0.3, -0.25) is 4.79 Å². The molecule has 12 atom stereocenters. The zero-order valence-electron chi connectivity index (χ0n) is 28.6. The van der Waals surface area contributed by atoms with Crippen LogP contribution in [0.15, 0.2) is 35.9 Å². The summed E-state index contributed by atoms with van der Waals surface area (Å²) in [7, 11) is 0. The van der Waals surface area contributed by atoms with Crippen molar-refractivity contribution in [1.82, 2.24) is 0 Å². The van der Waals surface area contributed by atoms with Crippen LogP contribution in [-0.4, -0.2) is 66.9 Å². The number of allylic oxidation sites excluding steroid dienone is 1. The number of phenolic OH excluding ortho intramolecular Hbond substituents is 1. The van der Waals surface area contributed by atoms with Crippen LogP contribution in [0.3, 0.4) is 0 Å². The number of rotatable bonds is 6. The molecular formula is C39H56O7. The second-order valence-electron chi connectivity index (χ2n) is 17.5. The number of ketones is 1. The van der Waals surface area contributed by atoms with Crippen LogP contribution in [0.1, 0.15) is 105 Å². The second-order valence-corrected chi connectivity index (χ2v) is 17.5. The summed E-state index contributed by atoms with van der Waals surface area (Å²) in [6, 6.07) is 7.01. The minimum atomic E-state index is -1.27. The van der Waals surface area contributed by atoms with Crippen molar-refractivity contribution in [1.29, 1.82) is 0 Å². The fraction of sp³-hybridized carbons (Fsp3) is 0.769. The van der Waals surface area contributed by atoms with Gasteiger partial charge in [0.15, 0.2) is 5.78 Å². The van der Waals surface area contributed by atoms with Gasteiger partial charge in [0.05, 0.1) is 29.5 Å². The molecule has 1 heterocycles. The fourth-order valence-corrected chi connectivity index (χ4v) is 12.6.